The number of anilines is 1. The van der Waals surface area contributed by atoms with Gasteiger partial charge < -0.3 is 19.5 Å². The molecule has 0 fully saturated rings. The van der Waals surface area contributed by atoms with Gasteiger partial charge in [0, 0.05) is 11.1 Å². The van der Waals surface area contributed by atoms with Gasteiger partial charge in [0.25, 0.3) is 5.91 Å². The molecule has 0 saturated carbocycles. The third kappa shape index (κ3) is 4.57. The van der Waals surface area contributed by atoms with Gasteiger partial charge in [-0.2, -0.15) is 0 Å². The number of amides is 1. The Morgan fingerprint density at radius 2 is 1.68 bits per heavy atom. The molecular weight excluding hydrogens is 342 g/mol. The van der Waals surface area contributed by atoms with Crippen molar-refractivity contribution in [3.8, 4) is 17.2 Å². The van der Waals surface area contributed by atoms with E-state index in [4.69, 9.17) is 25.8 Å². The average Bonchev–Trinajstić information content (AvgIpc) is 2.59. The van der Waals surface area contributed by atoms with Crippen LogP contribution in [-0.4, -0.2) is 26.2 Å². The Labute approximate surface area is 152 Å². The molecule has 1 atom stereocenters. The van der Waals surface area contributed by atoms with Crippen molar-refractivity contribution >= 4 is 23.2 Å². The Morgan fingerprint density at radius 1 is 1.04 bits per heavy atom. The average molecular weight is 364 g/mol. The Bertz CT molecular complexity index is 753. The van der Waals surface area contributed by atoms with Crippen molar-refractivity contribution in [3.05, 3.63) is 46.5 Å². The molecule has 134 valence electrons. The zero-order chi connectivity index (χ0) is 18.6. The number of halogens is 1. The molecule has 1 amide bonds. The third-order valence-corrected chi connectivity index (χ3v) is 4.35. The highest BCUT2D eigenvalue weighted by atomic mass is 35.5. The first-order valence-corrected chi connectivity index (χ1v) is 8.19. The fourth-order valence-electron chi connectivity index (χ4n) is 2.38. The number of rotatable bonds is 6. The molecule has 0 aliphatic carbocycles. The van der Waals surface area contributed by atoms with E-state index >= 15 is 0 Å². The van der Waals surface area contributed by atoms with Crippen LogP contribution in [0.2, 0.25) is 5.02 Å². The summed E-state index contributed by atoms with van der Waals surface area (Å²) < 4.78 is 16.2. The van der Waals surface area contributed by atoms with Crippen LogP contribution in [-0.2, 0) is 4.79 Å². The SMILES string of the molecule is COc1ccc(OC)c(NC(=O)[C@H](C)Oc2cc(C)c(Cl)c(C)c2)c1. The van der Waals surface area contributed by atoms with E-state index in [2.05, 4.69) is 5.32 Å². The standard InChI is InChI=1S/C19H22ClNO4/c1-11-8-15(9-12(2)18(11)20)25-13(3)19(22)21-16-10-14(23-4)6-7-17(16)24-5/h6-10,13H,1-5H3,(H,21,22)/t13-/m0/s1. The molecule has 0 unspecified atom stereocenters. The monoisotopic (exact) mass is 363 g/mol. The Hall–Kier alpha value is -2.40. The molecule has 2 aromatic carbocycles. The minimum atomic E-state index is -0.698. The molecular formula is C19H22ClNO4. The summed E-state index contributed by atoms with van der Waals surface area (Å²) in [6.45, 7) is 5.48. The summed E-state index contributed by atoms with van der Waals surface area (Å²) in [5.74, 6) is 1.46. The highest BCUT2D eigenvalue weighted by molar-refractivity contribution is 6.32. The molecule has 0 aliphatic heterocycles. The van der Waals surface area contributed by atoms with Crippen molar-refractivity contribution in [2.45, 2.75) is 26.9 Å². The van der Waals surface area contributed by atoms with Gasteiger partial charge in [0.2, 0.25) is 0 Å². The fourth-order valence-corrected chi connectivity index (χ4v) is 2.49. The van der Waals surface area contributed by atoms with Crippen LogP contribution in [0.1, 0.15) is 18.1 Å². The van der Waals surface area contributed by atoms with Gasteiger partial charge in [0.05, 0.1) is 19.9 Å². The summed E-state index contributed by atoms with van der Waals surface area (Å²) in [6.07, 6.45) is -0.698. The van der Waals surface area contributed by atoms with Crippen LogP contribution >= 0.6 is 11.6 Å². The molecule has 0 bridgehead atoms. The van der Waals surface area contributed by atoms with E-state index in [1.807, 2.05) is 26.0 Å². The number of carbonyl (C=O) groups is 1. The first-order valence-electron chi connectivity index (χ1n) is 7.82. The number of hydrogen-bond acceptors (Lipinski definition) is 4. The smallest absolute Gasteiger partial charge is 0.265 e. The summed E-state index contributed by atoms with van der Waals surface area (Å²) in [5, 5.41) is 3.50. The predicted octanol–water partition coefficient (Wildman–Crippen LogP) is 4.38. The van der Waals surface area contributed by atoms with E-state index in [1.165, 1.54) is 7.11 Å². The first kappa shape index (κ1) is 18.9. The van der Waals surface area contributed by atoms with Gasteiger partial charge >= 0.3 is 0 Å². The Balaban J connectivity index is 2.13. The van der Waals surface area contributed by atoms with E-state index in [9.17, 15) is 4.79 Å². The zero-order valence-electron chi connectivity index (χ0n) is 15.0. The molecule has 1 N–H and O–H groups in total. The van der Waals surface area contributed by atoms with Crippen molar-refractivity contribution in [1.29, 1.82) is 0 Å². The summed E-state index contributed by atoms with van der Waals surface area (Å²) >= 11 is 6.16. The number of ether oxygens (including phenoxy) is 3. The second-order valence-electron chi connectivity index (χ2n) is 5.69. The second kappa shape index (κ2) is 8.12. The van der Waals surface area contributed by atoms with E-state index in [1.54, 1.807) is 32.2 Å². The summed E-state index contributed by atoms with van der Waals surface area (Å²) in [6, 6.07) is 8.80. The van der Waals surface area contributed by atoms with Gasteiger partial charge in [-0.05, 0) is 56.2 Å². The molecule has 0 saturated heterocycles. The van der Waals surface area contributed by atoms with Crippen molar-refractivity contribution in [1.82, 2.24) is 0 Å². The zero-order valence-corrected chi connectivity index (χ0v) is 15.7. The maximum Gasteiger partial charge on any atom is 0.265 e. The van der Waals surface area contributed by atoms with E-state index in [-0.39, 0.29) is 5.91 Å². The van der Waals surface area contributed by atoms with Gasteiger partial charge in [-0.3, -0.25) is 4.79 Å². The lowest BCUT2D eigenvalue weighted by Crippen LogP contribution is -2.30. The lowest BCUT2D eigenvalue weighted by atomic mass is 10.1. The van der Waals surface area contributed by atoms with Crippen LogP contribution in [0.4, 0.5) is 5.69 Å². The van der Waals surface area contributed by atoms with Crippen molar-refractivity contribution < 1.29 is 19.0 Å². The number of carbonyl (C=O) groups excluding carboxylic acids is 1. The second-order valence-corrected chi connectivity index (χ2v) is 6.06. The van der Waals surface area contributed by atoms with E-state index in [0.29, 0.717) is 28.0 Å². The number of hydrogen-bond donors (Lipinski definition) is 1. The largest absolute Gasteiger partial charge is 0.497 e. The topological polar surface area (TPSA) is 56.8 Å². The quantitative estimate of drug-likeness (QED) is 0.827. The van der Waals surface area contributed by atoms with E-state index < -0.39 is 6.10 Å². The van der Waals surface area contributed by atoms with Crippen molar-refractivity contribution in [3.63, 3.8) is 0 Å². The van der Waals surface area contributed by atoms with Crippen LogP contribution in [0.5, 0.6) is 17.2 Å². The number of nitrogens with one attached hydrogen (secondary N) is 1. The maximum atomic E-state index is 12.5. The van der Waals surface area contributed by atoms with Gasteiger partial charge in [-0.25, -0.2) is 0 Å². The fraction of sp³-hybridized carbons (Fsp3) is 0.316. The highest BCUT2D eigenvalue weighted by Gasteiger charge is 2.18. The molecule has 25 heavy (non-hydrogen) atoms. The maximum absolute atomic E-state index is 12.5. The first-order chi connectivity index (χ1) is 11.8. The van der Waals surface area contributed by atoms with Crippen LogP contribution < -0.4 is 19.5 Å². The van der Waals surface area contributed by atoms with Crippen LogP contribution in [0, 0.1) is 13.8 Å². The molecule has 6 heteroatoms. The van der Waals surface area contributed by atoms with Crippen molar-refractivity contribution in [2.75, 3.05) is 19.5 Å². The van der Waals surface area contributed by atoms with Crippen LogP contribution in [0.15, 0.2) is 30.3 Å². The normalized spacial score (nSPS) is 11.6. The molecule has 0 heterocycles. The minimum absolute atomic E-state index is 0.295. The van der Waals surface area contributed by atoms with Gasteiger partial charge in [0.1, 0.15) is 17.2 Å². The summed E-state index contributed by atoms with van der Waals surface area (Å²) in [5.41, 5.74) is 2.32. The Kier molecular flexibility index (Phi) is 6.15. The summed E-state index contributed by atoms with van der Waals surface area (Å²) in [4.78, 5) is 12.5. The molecule has 2 rings (SSSR count). The molecule has 2 aromatic rings. The summed E-state index contributed by atoms with van der Waals surface area (Å²) in [7, 11) is 3.10. The number of benzene rings is 2. The van der Waals surface area contributed by atoms with Gasteiger partial charge in [-0.1, -0.05) is 11.6 Å². The van der Waals surface area contributed by atoms with Gasteiger partial charge in [-0.15, -0.1) is 0 Å². The Morgan fingerprint density at radius 3 is 2.24 bits per heavy atom. The van der Waals surface area contributed by atoms with Crippen LogP contribution in [0.25, 0.3) is 0 Å². The highest BCUT2D eigenvalue weighted by Crippen LogP contribution is 2.30. The predicted molar refractivity (Wildman–Crippen MR) is 99.2 cm³/mol. The van der Waals surface area contributed by atoms with Gasteiger partial charge in [0.15, 0.2) is 6.10 Å². The lowest BCUT2D eigenvalue weighted by molar-refractivity contribution is -0.122. The minimum Gasteiger partial charge on any atom is -0.497 e. The van der Waals surface area contributed by atoms with Crippen molar-refractivity contribution in [2.24, 2.45) is 0 Å². The number of aryl methyl sites for hydroxylation is 2. The van der Waals surface area contributed by atoms with Crippen LogP contribution in [0.3, 0.4) is 0 Å². The van der Waals surface area contributed by atoms with E-state index in [0.717, 1.165) is 11.1 Å². The molecule has 5 nitrogen and oxygen atoms in total. The molecule has 0 aromatic heterocycles. The lowest BCUT2D eigenvalue weighted by Gasteiger charge is -2.17. The third-order valence-electron chi connectivity index (χ3n) is 3.76. The molecule has 0 aliphatic rings. The molecule has 0 radical (unpaired) electrons. The number of methoxy groups -OCH3 is 2. The molecule has 0 spiro atoms.